The lowest BCUT2D eigenvalue weighted by molar-refractivity contribution is 0.0841. The Labute approximate surface area is 187 Å². The number of carbonyl (C=O) groups is 1. The monoisotopic (exact) mass is 464 g/mol. The molecule has 0 unspecified atom stereocenters. The number of carbonyl (C=O) groups excluding carboxylic acids is 1. The van der Waals surface area contributed by atoms with E-state index in [1.165, 1.54) is 0 Å². The molecule has 166 valence electrons. The van der Waals surface area contributed by atoms with E-state index in [4.69, 9.17) is 4.63 Å². The first-order valence-corrected chi connectivity index (χ1v) is 11.8. The molecule has 3 aromatic rings. The van der Waals surface area contributed by atoms with Crippen LogP contribution in [0.25, 0.3) is 11.0 Å². The zero-order valence-corrected chi connectivity index (χ0v) is 18.8. The van der Waals surface area contributed by atoms with Crippen LogP contribution < -0.4 is 4.72 Å². The molecule has 1 aromatic heterocycles. The maximum Gasteiger partial charge on any atom is 0.229 e. The number of rotatable bonds is 7. The third-order valence-corrected chi connectivity index (χ3v) is 6.08. The van der Waals surface area contributed by atoms with Crippen molar-refractivity contribution in [2.75, 3.05) is 30.6 Å². The molecular formula is C21H25ClN4O4S. The second-order valence-corrected chi connectivity index (χ2v) is 9.52. The molecular weight excluding hydrogens is 440 g/mol. The summed E-state index contributed by atoms with van der Waals surface area (Å²) >= 11 is 0. The summed E-state index contributed by atoms with van der Waals surface area (Å²) < 4.78 is 29.7. The average molecular weight is 465 g/mol. The predicted octanol–water partition coefficient (Wildman–Crippen LogP) is 3.15. The molecule has 0 bridgehead atoms. The van der Waals surface area contributed by atoms with Crippen LogP contribution in [-0.4, -0.2) is 55.3 Å². The van der Waals surface area contributed by atoms with Gasteiger partial charge >= 0.3 is 0 Å². The summed E-state index contributed by atoms with van der Waals surface area (Å²) in [5.41, 5.74) is 3.65. The van der Waals surface area contributed by atoms with E-state index in [1.54, 1.807) is 30.3 Å². The number of hydrogen-bond donors (Lipinski definition) is 1. The number of ketones is 1. The SMILES string of the molecule is CS(=O)(=O)Nc1ccc(CCN2CCC(C(=O)c3ccc4nonc4c3)CC2)cc1.Cl. The Morgan fingerprint density at radius 2 is 1.77 bits per heavy atom. The number of piperidine rings is 1. The lowest BCUT2D eigenvalue weighted by atomic mass is 9.88. The Morgan fingerprint density at radius 1 is 1.10 bits per heavy atom. The minimum Gasteiger partial charge on any atom is -0.303 e. The van der Waals surface area contributed by atoms with Gasteiger partial charge in [-0.3, -0.25) is 9.52 Å². The molecule has 1 aliphatic heterocycles. The number of benzene rings is 2. The normalized spacial score (nSPS) is 15.5. The van der Waals surface area contributed by atoms with Crippen LogP contribution in [0.3, 0.4) is 0 Å². The van der Waals surface area contributed by atoms with Crippen LogP contribution in [0.4, 0.5) is 5.69 Å². The molecule has 0 amide bonds. The Kier molecular flexibility index (Phi) is 7.30. The van der Waals surface area contributed by atoms with E-state index in [0.29, 0.717) is 22.3 Å². The number of nitrogens with zero attached hydrogens (tertiary/aromatic N) is 3. The molecule has 0 radical (unpaired) electrons. The zero-order valence-electron chi connectivity index (χ0n) is 17.2. The van der Waals surface area contributed by atoms with Crippen LogP contribution in [0.1, 0.15) is 28.8 Å². The Balaban J connectivity index is 0.00000272. The van der Waals surface area contributed by atoms with Crippen molar-refractivity contribution in [3.05, 3.63) is 53.6 Å². The highest BCUT2D eigenvalue weighted by Gasteiger charge is 2.26. The van der Waals surface area contributed by atoms with E-state index in [2.05, 4.69) is 19.9 Å². The number of nitrogens with one attached hydrogen (secondary N) is 1. The quantitative estimate of drug-likeness (QED) is 0.535. The summed E-state index contributed by atoms with van der Waals surface area (Å²) in [7, 11) is -3.26. The highest BCUT2D eigenvalue weighted by molar-refractivity contribution is 7.92. The molecule has 31 heavy (non-hydrogen) atoms. The fraction of sp³-hybridized carbons (Fsp3) is 0.381. The summed E-state index contributed by atoms with van der Waals surface area (Å²) in [6.45, 7) is 2.69. The van der Waals surface area contributed by atoms with Crippen molar-refractivity contribution >= 4 is 44.9 Å². The largest absolute Gasteiger partial charge is 0.303 e. The van der Waals surface area contributed by atoms with Crippen LogP contribution in [0, 0.1) is 5.92 Å². The van der Waals surface area contributed by atoms with Gasteiger partial charge in [-0.2, -0.15) is 0 Å². The minimum atomic E-state index is -3.26. The van der Waals surface area contributed by atoms with Crippen molar-refractivity contribution in [1.29, 1.82) is 0 Å². The third-order valence-electron chi connectivity index (χ3n) is 5.47. The first kappa shape index (κ1) is 23.2. The van der Waals surface area contributed by atoms with Crippen molar-refractivity contribution in [2.24, 2.45) is 5.92 Å². The minimum absolute atomic E-state index is 0. The summed E-state index contributed by atoms with van der Waals surface area (Å²) in [6.07, 6.45) is 3.70. The van der Waals surface area contributed by atoms with Gasteiger partial charge in [-0.05, 0) is 78.6 Å². The van der Waals surface area contributed by atoms with Gasteiger partial charge in [-0.15, -0.1) is 12.4 Å². The van der Waals surface area contributed by atoms with Crippen molar-refractivity contribution < 1.29 is 17.8 Å². The van der Waals surface area contributed by atoms with Crippen molar-refractivity contribution in [3.63, 3.8) is 0 Å². The van der Waals surface area contributed by atoms with E-state index in [9.17, 15) is 13.2 Å². The van der Waals surface area contributed by atoms with Crippen LogP contribution in [0.2, 0.25) is 0 Å². The van der Waals surface area contributed by atoms with Gasteiger partial charge in [-0.25, -0.2) is 13.0 Å². The molecule has 0 atom stereocenters. The van der Waals surface area contributed by atoms with Crippen LogP contribution in [0.15, 0.2) is 47.1 Å². The number of fused-ring (bicyclic) bond motifs is 1. The van der Waals surface area contributed by atoms with Gasteiger partial charge in [0.25, 0.3) is 0 Å². The summed E-state index contributed by atoms with van der Waals surface area (Å²) in [5.74, 6) is 0.188. The van der Waals surface area contributed by atoms with E-state index >= 15 is 0 Å². The number of anilines is 1. The van der Waals surface area contributed by atoms with E-state index < -0.39 is 10.0 Å². The van der Waals surface area contributed by atoms with Gasteiger partial charge in [0.05, 0.1) is 6.26 Å². The number of sulfonamides is 1. The zero-order chi connectivity index (χ0) is 21.1. The predicted molar refractivity (Wildman–Crippen MR) is 121 cm³/mol. The van der Waals surface area contributed by atoms with Crippen molar-refractivity contribution in [3.8, 4) is 0 Å². The van der Waals surface area contributed by atoms with Crippen LogP contribution in [0.5, 0.6) is 0 Å². The van der Waals surface area contributed by atoms with Gasteiger partial charge in [0.15, 0.2) is 5.78 Å². The third kappa shape index (κ3) is 6.03. The summed E-state index contributed by atoms with van der Waals surface area (Å²) in [5, 5.41) is 7.59. The van der Waals surface area contributed by atoms with Crippen molar-refractivity contribution in [2.45, 2.75) is 19.3 Å². The fourth-order valence-corrected chi connectivity index (χ4v) is 4.39. The fourth-order valence-electron chi connectivity index (χ4n) is 3.83. The molecule has 1 aliphatic rings. The van der Waals surface area contributed by atoms with Gasteiger partial charge in [-0.1, -0.05) is 12.1 Å². The average Bonchev–Trinajstić information content (AvgIpc) is 3.20. The lowest BCUT2D eigenvalue weighted by Gasteiger charge is -2.31. The van der Waals surface area contributed by atoms with Crippen LogP contribution in [-0.2, 0) is 16.4 Å². The summed E-state index contributed by atoms with van der Waals surface area (Å²) in [6, 6.07) is 12.8. The molecule has 1 fully saturated rings. The molecule has 1 N–H and O–H groups in total. The molecule has 1 saturated heterocycles. The first-order chi connectivity index (χ1) is 14.4. The molecule has 0 saturated carbocycles. The molecule has 0 aliphatic carbocycles. The maximum absolute atomic E-state index is 12.8. The lowest BCUT2D eigenvalue weighted by Crippen LogP contribution is -2.37. The molecule has 2 aromatic carbocycles. The topological polar surface area (TPSA) is 105 Å². The Bertz CT molecular complexity index is 1140. The maximum atomic E-state index is 12.8. The number of likely N-dealkylation sites (tertiary alicyclic amines) is 1. The number of hydrogen-bond acceptors (Lipinski definition) is 7. The van der Waals surface area contributed by atoms with E-state index in [-0.39, 0.29) is 24.1 Å². The second kappa shape index (κ2) is 9.76. The number of aromatic nitrogens is 2. The highest BCUT2D eigenvalue weighted by atomic mass is 35.5. The first-order valence-electron chi connectivity index (χ1n) is 9.93. The number of Topliss-reactive ketones (excluding diaryl/α,β-unsaturated/α-hetero) is 1. The van der Waals surface area contributed by atoms with Gasteiger partial charge in [0.1, 0.15) is 11.0 Å². The summed E-state index contributed by atoms with van der Waals surface area (Å²) in [4.78, 5) is 15.2. The molecule has 10 heteroatoms. The van der Waals surface area contributed by atoms with Gasteiger partial charge in [0.2, 0.25) is 10.0 Å². The Morgan fingerprint density at radius 3 is 2.45 bits per heavy atom. The van der Waals surface area contributed by atoms with Crippen molar-refractivity contribution in [1.82, 2.24) is 15.2 Å². The number of halogens is 1. The smallest absolute Gasteiger partial charge is 0.229 e. The molecule has 8 nitrogen and oxygen atoms in total. The molecule has 0 spiro atoms. The second-order valence-electron chi connectivity index (χ2n) is 7.77. The highest BCUT2D eigenvalue weighted by Crippen LogP contribution is 2.23. The van der Waals surface area contributed by atoms with E-state index in [0.717, 1.165) is 50.7 Å². The molecule has 2 heterocycles. The van der Waals surface area contributed by atoms with Gasteiger partial charge in [0, 0.05) is 23.7 Å². The standard InChI is InChI=1S/C21H24N4O4S.ClH/c1-30(27,28)24-18-5-2-15(3-6-18)8-11-25-12-9-16(10-13-25)21(26)17-4-7-19-20(14-17)23-29-22-19;/h2-7,14,16,24H,8-13H2,1H3;1H. The Hall–Kier alpha value is -2.49. The van der Waals surface area contributed by atoms with E-state index in [1.807, 2.05) is 12.1 Å². The van der Waals surface area contributed by atoms with Crippen LogP contribution >= 0.6 is 12.4 Å². The molecule has 4 rings (SSSR count). The van der Waals surface area contributed by atoms with Gasteiger partial charge < -0.3 is 4.90 Å².